The maximum Gasteiger partial charge on any atom is 0.0127 e. The first-order valence-corrected chi connectivity index (χ1v) is 4.70. The molecule has 1 aliphatic heterocycles. The second kappa shape index (κ2) is 5.57. The first-order chi connectivity index (χ1) is 6.75. The van der Waals surface area contributed by atoms with Gasteiger partial charge in [0.1, 0.15) is 0 Å². The van der Waals surface area contributed by atoms with Gasteiger partial charge in [-0.2, -0.15) is 5.56 Å². The van der Waals surface area contributed by atoms with Gasteiger partial charge in [0.05, 0.1) is 0 Å². The van der Waals surface area contributed by atoms with Crippen molar-refractivity contribution >= 4 is 0 Å². The molecular weight excluding hydrogens is 261 g/mol. The summed E-state index contributed by atoms with van der Waals surface area (Å²) in [6, 6.07) is 5.08. The number of aromatic nitrogens is 1. The zero-order valence-corrected chi connectivity index (χ0v) is 11.7. The van der Waals surface area contributed by atoms with Gasteiger partial charge in [-0.3, -0.25) is 0 Å². The Kier molecular flexibility index (Phi) is 4.68. The van der Waals surface area contributed by atoms with Crippen molar-refractivity contribution in [1.82, 2.24) is 9.88 Å². The van der Waals surface area contributed by atoms with Gasteiger partial charge in [0.25, 0.3) is 0 Å². The molecule has 0 fully saturated rings. The average Bonchev–Trinajstić information content (AvgIpc) is 2.56. The number of hydrogen-bond donors (Lipinski definition) is 0. The summed E-state index contributed by atoms with van der Waals surface area (Å²) < 4.78 is 0. The van der Waals surface area contributed by atoms with Crippen LogP contribution >= 0.6 is 0 Å². The van der Waals surface area contributed by atoms with Crippen LogP contribution in [0.4, 0.5) is 0 Å². The fourth-order valence-corrected chi connectivity index (χ4v) is 1.44. The van der Waals surface area contributed by atoms with E-state index in [1.807, 2.05) is 19.2 Å². The second-order valence-corrected chi connectivity index (χ2v) is 3.49. The van der Waals surface area contributed by atoms with Gasteiger partial charge in [0.15, 0.2) is 0 Å². The Bertz CT molecular complexity index is 368. The molecule has 0 spiro atoms. The Hall–Kier alpha value is -0.466. The van der Waals surface area contributed by atoms with Crippen molar-refractivity contribution in [2.75, 3.05) is 0 Å². The Morgan fingerprint density at radius 2 is 2.40 bits per heavy atom. The predicted molar refractivity (Wildman–Crippen MR) is 56.3 cm³/mol. The van der Waals surface area contributed by atoms with Crippen molar-refractivity contribution in [2.24, 2.45) is 0 Å². The number of allylic oxidation sites excluding steroid dienone is 1. The third-order valence-electron chi connectivity index (χ3n) is 2.29. The molecule has 0 aromatic carbocycles. The molecule has 2 heterocycles. The zero-order valence-electron chi connectivity index (χ0n) is 8.90. The van der Waals surface area contributed by atoms with Crippen LogP contribution in [0.1, 0.15) is 17.7 Å². The molecule has 1 aliphatic rings. The third kappa shape index (κ3) is 3.25. The van der Waals surface area contributed by atoms with E-state index in [0.717, 1.165) is 24.4 Å². The summed E-state index contributed by atoms with van der Waals surface area (Å²) in [7, 11) is 0. The number of rotatable bonds is 2. The van der Waals surface area contributed by atoms with Gasteiger partial charge < -0.3 is 9.88 Å². The van der Waals surface area contributed by atoms with Crippen molar-refractivity contribution in [1.29, 1.82) is 0 Å². The standard InChI is InChI=1S/C12H13N2.Y/c1-10-5-6-12(8-13-10)9-14-7-3-4-11(14)2;/h3,6-8H,2,4,9H2,1H3;/q-1;. The average molecular weight is 274 g/mol. The maximum atomic E-state index is 4.21. The Balaban J connectivity index is 0.00000112. The van der Waals surface area contributed by atoms with E-state index < -0.39 is 0 Å². The number of pyridine rings is 1. The van der Waals surface area contributed by atoms with Crippen LogP contribution in [-0.4, -0.2) is 9.88 Å². The van der Waals surface area contributed by atoms with E-state index in [4.69, 9.17) is 0 Å². The molecule has 0 bridgehead atoms. The Morgan fingerprint density at radius 3 is 2.93 bits per heavy atom. The van der Waals surface area contributed by atoms with Gasteiger partial charge in [-0.15, -0.1) is 0 Å². The molecule has 0 saturated carbocycles. The van der Waals surface area contributed by atoms with Crippen LogP contribution in [0.15, 0.2) is 36.8 Å². The normalized spacial score (nSPS) is 14.2. The molecule has 0 unspecified atom stereocenters. The van der Waals surface area contributed by atoms with Crippen molar-refractivity contribution in [3.05, 3.63) is 54.1 Å². The van der Waals surface area contributed by atoms with Crippen LogP contribution < -0.4 is 0 Å². The topological polar surface area (TPSA) is 16.1 Å². The molecule has 1 aromatic rings. The first kappa shape index (κ1) is 12.6. The second-order valence-electron chi connectivity index (χ2n) is 3.49. The Morgan fingerprint density at radius 1 is 1.60 bits per heavy atom. The van der Waals surface area contributed by atoms with Gasteiger partial charge >= 0.3 is 0 Å². The molecular formula is C12H13N2Y-. The van der Waals surface area contributed by atoms with E-state index in [2.05, 4.69) is 34.8 Å². The third-order valence-corrected chi connectivity index (χ3v) is 2.29. The van der Waals surface area contributed by atoms with E-state index in [9.17, 15) is 0 Å². The van der Waals surface area contributed by atoms with Gasteiger partial charge in [-0.1, -0.05) is 24.5 Å². The summed E-state index contributed by atoms with van der Waals surface area (Å²) >= 11 is 0. The van der Waals surface area contributed by atoms with E-state index >= 15 is 0 Å². The van der Waals surface area contributed by atoms with E-state index in [0.29, 0.717) is 0 Å². The van der Waals surface area contributed by atoms with Crippen LogP contribution in [0.3, 0.4) is 0 Å². The minimum Gasteiger partial charge on any atom is -0.364 e. The van der Waals surface area contributed by atoms with Gasteiger partial charge in [-0.05, 0) is 19.7 Å². The first-order valence-electron chi connectivity index (χ1n) is 4.70. The Labute approximate surface area is 116 Å². The minimum absolute atomic E-state index is 0. The molecule has 2 rings (SSSR count). The summed E-state index contributed by atoms with van der Waals surface area (Å²) in [5.41, 5.74) is 3.25. The van der Waals surface area contributed by atoms with Crippen molar-refractivity contribution in [3.63, 3.8) is 0 Å². The molecule has 0 amide bonds. The molecule has 0 N–H and O–H groups in total. The quantitative estimate of drug-likeness (QED) is 0.770. The summed E-state index contributed by atoms with van der Waals surface area (Å²) in [6.07, 6.45) is 7.05. The fraction of sp³-hybridized carbons (Fsp3) is 0.250. The summed E-state index contributed by atoms with van der Waals surface area (Å²) in [4.78, 5) is 6.35. The minimum atomic E-state index is 0. The van der Waals surface area contributed by atoms with Gasteiger partial charge in [-0.25, -0.2) is 12.1 Å². The van der Waals surface area contributed by atoms with Crippen molar-refractivity contribution < 1.29 is 32.7 Å². The summed E-state index contributed by atoms with van der Waals surface area (Å²) in [5, 5.41) is 0. The predicted octanol–water partition coefficient (Wildman–Crippen LogP) is 2.42. The summed E-state index contributed by atoms with van der Waals surface area (Å²) in [5.74, 6) is 0. The maximum absolute atomic E-state index is 4.21. The van der Waals surface area contributed by atoms with Crippen LogP contribution in [0, 0.1) is 13.0 Å². The van der Waals surface area contributed by atoms with E-state index in [1.165, 1.54) is 5.56 Å². The molecule has 75 valence electrons. The van der Waals surface area contributed by atoms with Gasteiger partial charge in [0, 0.05) is 44.8 Å². The molecule has 1 radical (unpaired) electrons. The summed E-state index contributed by atoms with van der Waals surface area (Å²) in [6.45, 7) is 6.77. The van der Waals surface area contributed by atoms with Crippen molar-refractivity contribution in [3.8, 4) is 0 Å². The number of aryl methyl sites for hydroxylation is 1. The molecule has 1 aromatic heterocycles. The largest absolute Gasteiger partial charge is 0.364 e. The molecule has 0 aliphatic carbocycles. The molecule has 0 atom stereocenters. The fourth-order valence-electron chi connectivity index (χ4n) is 1.44. The monoisotopic (exact) mass is 274 g/mol. The smallest absolute Gasteiger partial charge is 0.0127 e. The SMILES string of the molecule is C=C1CC=CN1Cc1c[c-]c(C)nc1.[Y]. The van der Waals surface area contributed by atoms with Crippen LogP contribution in [0.2, 0.25) is 0 Å². The molecule has 0 saturated heterocycles. The molecule has 3 heteroatoms. The van der Waals surface area contributed by atoms with Crippen LogP contribution in [0.25, 0.3) is 0 Å². The molecule has 2 nitrogen and oxygen atoms in total. The van der Waals surface area contributed by atoms with Crippen LogP contribution in [0.5, 0.6) is 0 Å². The van der Waals surface area contributed by atoms with Gasteiger partial charge in [0.2, 0.25) is 0 Å². The van der Waals surface area contributed by atoms with Crippen LogP contribution in [-0.2, 0) is 39.3 Å². The number of nitrogens with zero attached hydrogens (tertiary/aromatic N) is 2. The van der Waals surface area contributed by atoms with E-state index in [1.54, 1.807) is 0 Å². The van der Waals surface area contributed by atoms with Crippen molar-refractivity contribution in [2.45, 2.75) is 19.9 Å². The number of hydrogen-bond acceptors (Lipinski definition) is 2. The van der Waals surface area contributed by atoms with E-state index in [-0.39, 0.29) is 32.7 Å². The zero-order chi connectivity index (χ0) is 9.97. The molecule has 15 heavy (non-hydrogen) atoms.